The maximum Gasteiger partial charge on any atom is 0.199 e. The molecule has 0 saturated carbocycles. The monoisotopic (exact) mass is 415 g/mol. The smallest absolute Gasteiger partial charge is 0.199 e. The van der Waals surface area contributed by atoms with Crippen molar-refractivity contribution < 1.29 is 14.5 Å². The Kier molecular flexibility index (Phi) is 5.61. The number of fused-ring (bicyclic) bond motifs is 1. The summed E-state index contributed by atoms with van der Waals surface area (Å²) in [5, 5.41) is 21.8. The first-order valence-corrected chi connectivity index (χ1v) is 10.5. The predicted octanol–water partition coefficient (Wildman–Crippen LogP) is 2.22. The van der Waals surface area contributed by atoms with Crippen molar-refractivity contribution >= 4 is 16.9 Å². The summed E-state index contributed by atoms with van der Waals surface area (Å²) in [6.07, 6.45) is 6.24. The summed E-state index contributed by atoms with van der Waals surface area (Å²) in [7, 11) is 0. The van der Waals surface area contributed by atoms with Crippen molar-refractivity contribution in [3.8, 4) is 17.3 Å². The van der Waals surface area contributed by atoms with E-state index >= 15 is 0 Å². The summed E-state index contributed by atoms with van der Waals surface area (Å²) in [6.45, 7) is 7.58. The molecular formula is C20H29N7O3. The van der Waals surface area contributed by atoms with Gasteiger partial charge in [0.2, 0.25) is 0 Å². The van der Waals surface area contributed by atoms with Crippen LogP contribution in [0.5, 0.6) is 5.75 Å². The molecular weight excluding hydrogens is 386 g/mol. The summed E-state index contributed by atoms with van der Waals surface area (Å²) in [5.74, 6) is 1.27. The Labute approximate surface area is 174 Å². The zero-order valence-corrected chi connectivity index (χ0v) is 17.7. The number of imidazole rings is 1. The summed E-state index contributed by atoms with van der Waals surface area (Å²) in [4.78, 5) is 9.20. The largest absolute Gasteiger partial charge is 0.490 e. The molecule has 1 aliphatic heterocycles. The topological polar surface area (TPSA) is 137 Å². The SMILES string of the molecule is CCn1c(-c2nonc2N)nc2c(C(C)(C)O)ncc(OCC[C@@H]3CCCCN3)c21. The van der Waals surface area contributed by atoms with Gasteiger partial charge in [-0.25, -0.2) is 9.61 Å². The summed E-state index contributed by atoms with van der Waals surface area (Å²) < 4.78 is 12.9. The van der Waals surface area contributed by atoms with Crippen LogP contribution in [0.1, 0.15) is 52.1 Å². The van der Waals surface area contributed by atoms with E-state index in [2.05, 4.69) is 20.6 Å². The van der Waals surface area contributed by atoms with Crippen LogP contribution < -0.4 is 15.8 Å². The molecule has 3 aromatic rings. The number of nitrogens with one attached hydrogen (secondary N) is 1. The first kappa shape index (κ1) is 20.5. The molecule has 30 heavy (non-hydrogen) atoms. The van der Waals surface area contributed by atoms with Gasteiger partial charge in [-0.3, -0.25) is 4.98 Å². The lowest BCUT2D eigenvalue weighted by atomic mass is 10.0. The molecule has 0 aliphatic carbocycles. The molecule has 1 aliphatic rings. The molecule has 162 valence electrons. The van der Waals surface area contributed by atoms with Gasteiger partial charge in [-0.2, -0.15) is 0 Å². The number of aryl methyl sites for hydroxylation is 1. The molecule has 1 fully saturated rings. The first-order chi connectivity index (χ1) is 14.4. The van der Waals surface area contributed by atoms with Crippen molar-refractivity contribution in [2.45, 2.75) is 64.6 Å². The fourth-order valence-corrected chi connectivity index (χ4v) is 3.99. The van der Waals surface area contributed by atoms with E-state index in [4.69, 9.17) is 20.1 Å². The van der Waals surface area contributed by atoms with Gasteiger partial charge >= 0.3 is 0 Å². The number of piperidine rings is 1. The maximum absolute atomic E-state index is 10.7. The quantitative estimate of drug-likeness (QED) is 0.530. The van der Waals surface area contributed by atoms with Crippen molar-refractivity contribution in [1.82, 2.24) is 30.2 Å². The van der Waals surface area contributed by atoms with Crippen molar-refractivity contribution in [2.24, 2.45) is 0 Å². The van der Waals surface area contributed by atoms with Crippen LogP contribution in [0.3, 0.4) is 0 Å². The van der Waals surface area contributed by atoms with Crippen molar-refractivity contribution in [3.05, 3.63) is 11.9 Å². The van der Waals surface area contributed by atoms with Gasteiger partial charge in [0.05, 0.1) is 18.5 Å². The molecule has 0 bridgehead atoms. The predicted molar refractivity (Wildman–Crippen MR) is 112 cm³/mol. The summed E-state index contributed by atoms with van der Waals surface area (Å²) in [6, 6.07) is 0.477. The van der Waals surface area contributed by atoms with Gasteiger partial charge in [0, 0.05) is 12.6 Å². The highest BCUT2D eigenvalue weighted by molar-refractivity contribution is 5.88. The van der Waals surface area contributed by atoms with E-state index in [1.54, 1.807) is 20.0 Å². The number of aliphatic hydroxyl groups is 1. The van der Waals surface area contributed by atoms with E-state index < -0.39 is 5.60 Å². The summed E-state index contributed by atoms with van der Waals surface area (Å²) in [5.41, 5.74) is 6.85. The number of anilines is 1. The molecule has 10 heteroatoms. The van der Waals surface area contributed by atoms with E-state index in [0.717, 1.165) is 18.5 Å². The second kappa shape index (κ2) is 8.19. The normalized spacial score (nSPS) is 17.5. The second-order valence-electron chi connectivity index (χ2n) is 8.19. The molecule has 4 rings (SSSR count). The highest BCUT2D eigenvalue weighted by Crippen LogP contribution is 2.36. The van der Waals surface area contributed by atoms with Gasteiger partial charge < -0.3 is 25.5 Å². The Hall–Kier alpha value is -2.72. The number of aromatic nitrogens is 5. The maximum atomic E-state index is 10.7. The average Bonchev–Trinajstić information content (AvgIpc) is 3.31. The third-order valence-corrected chi connectivity index (χ3v) is 5.49. The average molecular weight is 415 g/mol. The van der Waals surface area contributed by atoms with Crippen LogP contribution in [0, 0.1) is 0 Å². The highest BCUT2D eigenvalue weighted by atomic mass is 16.6. The lowest BCUT2D eigenvalue weighted by Crippen LogP contribution is -2.35. The Bertz CT molecular complexity index is 1020. The molecule has 10 nitrogen and oxygen atoms in total. The Morgan fingerprint density at radius 3 is 2.83 bits per heavy atom. The van der Waals surface area contributed by atoms with Crippen molar-refractivity contribution in [1.29, 1.82) is 0 Å². The molecule has 1 saturated heterocycles. The Balaban J connectivity index is 1.75. The summed E-state index contributed by atoms with van der Waals surface area (Å²) >= 11 is 0. The number of rotatable bonds is 7. The Morgan fingerprint density at radius 2 is 2.20 bits per heavy atom. The van der Waals surface area contributed by atoms with Crippen LogP contribution in [-0.4, -0.2) is 49.1 Å². The second-order valence-corrected chi connectivity index (χ2v) is 8.19. The Morgan fingerprint density at radius 1 is 1.37 bits per heavy atom. The number of ether oxygens (including phenoxy) is 1. The minimum absolute atomic E-state index is 0.156. The van der Waals surface area contributed by atoms with Crippen LogP contribution in [0.2, 0.25) is 0 Å². The fourth-order valence-electron chi connectivity index (χ4n) is 3.99. The molecule has 1 atom stereocenters. The van der Waals surface area contributed by atoms with E-state index in [-0.39, 0.29) is 5.82 Å². The fraction of sp³-hybridized carbons (Fsp3) is 0.600. The first-order valence-electron chi connectivity index (χ1n) is 10.5. The number of nitrogen functional groups attached to an aromatic ring is 1. The third kappa shape index (κ3) is 3.84. The lowest BCUT2D eigenvalue weighted by Gasteiger charge is -2.23. The van der Waals surface area contributed by atoms with Crippen molar-refractivity contribution in [3.63, 3.8) is 0 Å². The van der Waals surface area contributed by atoms with Crippen LogP contribution in [0.15, 0.2) is 10.8 Å². The zero-order chi connectivity index (χ0) is 21.3. The highest BCUT2D eigenvalue weighted by Gasteiger charge is 2.29. The molecule has 4 heterocycles. The van der Waals surface area contributed by atoms with Gasteiger partial charge in [0.25, 0.3) is 0 Å². The van der Waals surface area contributed by atoms with Gasteiger partial charge in [0.15, 0.2) is 23.1 Å². The number of nitrogens with two attached hydrogens (primary N) is 1. The van der Waals surface area contributed by atoms with Gasteiger partial charge in [-0.1, -0.05) is 6.42 Å². The van der Waals surface area contributed by atoms with E-state index in [9.17, 15) is 5.11 Å². The van der Waals surface area contributed by atoms with E-state index in [1.165, 1.54) is 19.3 Å². The minimum atomic E-state index is -1.18. The van der Waals surface area contributed by atoms with Crippen LogP contribution in [-0.2, 0) is 12.1 Å². The molecule has 0 spiro atoms. The van der Waals surface area contributed by atoms with Crippen molar-refractivity contribution in [2.75, 3.05) is 18.9 Å². The minimum Gasteiger partial charge on any atom is -0.490 e. The standard InChI is InChI=1S/C20H29N7O3/c1-4-27-16-13(29-10-8-12-7-5-6-9-22-12)11-23-17(20(2,3)28)14(16)24-19(27)15-18(21)26-30-25-15/h11-12,22,28H,4-10H2,1-3H3,(H2,21,26)/t12-/m0/s1. The van der Waals surface area contributed by atoms with Gasteiger partial charge in [-0.15, -0.1) is 0 Å². The van der Waals surface area contributed by atoms with Crippen LogP contribution in [0.25, 0.3) is 22.6 Å². The molecule has 0 amide bonds. The lowest BCUT2D eigenvalue weighted by molar-refractivity contribution is 0.0753. The zero-order valence-electron chi connectivity index (χ0n) is 17.7. The molecule has 4 N–H and O–H groups in total. The number of nitrogens with zero attached hydrogens (tertiary/aromatic N) is 5. The van der Waals surface area contributed by atoms with Crippen LogP contribution in [0.4, 0.5) is 5.82 Å². The molecule has 0 unspecified atom stereocenters. The van der Waals surface area contributed by atoms with E-state index in [0.29, 0.717) is 47.7 Å². The van der Waals surface area contributed by atoms with Gasteiger partial charge in [0.1, 0.15) is 16.6 Å². The molecule has 0 radical (unpaired) electrons. The number of pyridine rings is 1. The van der Waals surface area contributed by atoms with E-state index in [1.807, 2.05) is 11.5 Å². The number of hydrogen-bond donors (Lipinski definition) is 3. The molecule has 3 aromatic heterocycles. The third-order valence-electron chi connectivity index (χ3n) is 5.49. The molecule has 0 aromatic carbocycles. The van der Waals surface area contributed by atoms with Crippen LogP contribution >= 0.6 is 0 Å². The number of hydrogen-bond acceptors (Lipinski definition) is 9. The van der Waals surface area contributed by atoms with Gasteiger partial charge in [-0.05, 0) is 56.9 Å².